The number of hydrogen-bond donors (Lipinski definition) is 4. The smallest absolute Gasteiger partial charge is 0.330 e. The summed E-state index contributed by atoms with van der Waals surface area (Å²) in [7, 11) is 0. The first-order valence-corrected chi connectivity index (χ1v) is 8.42. The quantitative estimate of drug-likeness (QED) is 0.245. The molecule has 158 valence electrons. The van der Waals surface area contributed by atoms with Crippen LogP contribution in [0.3, 0.4) is 0 Å². The van der Waals surface area contributed by atoms with Crippen LogP contribution in [0.4, 0.5) is 0 Å². The van der Waals surface area contributed by atoms with Crippen molar-refractivity contribution >= 4 is 23.9 Å². The minimum absolute atomic E-state index is 0.550. The fraction of sp³-hybridized carbons (Fsp3) is 0.556. The topological polar surface area (TPSA) is 168 Å². The van der Waals surface area contributed by atoms with E-state index in [1.807, 2.05) is 0 Å². The van der Waals surface area contributed by atoms with Gasteiger partial charge >= 0.3 is 23.9 Å². The Hall–Kier alpha value is -2.72. The number of ether oxygens (including phenoxy) is 2. The van der Waals surface area contributed by atoms with Crippen LogP contribution in [0, 0.1) is 11.8 Å². The van der Waals surface area contributed by atoms with Gasteiger partial charge < -0.3 is 29.9 Å². The van der Waals surface area contributed by atoms with Crippen molar-refractivity contribution in [3.63, 3.8) is 0 Å². The number of aliphatic carboxylic acids is 2. The van der Waals surface area contributed by atoms with Crippen LogP contribution in [-0.4, -0.2) is 68.7 Å². The normalized spacial score (nSPS) is 17.1. The molecule has 0 amide bonds. The van der Waals surface area contributed by atoms with Gasteiger partial charge in [0.25, 0.3) is 0 Å². The van der Waals surface area contributed by atoms with E-state index in [9.17, 15) is 39.6 Å². The number of rotatable bonds is 13. The fourth-order valence-corrected chi connectivity index (χ4v) is 2.40. The molecule has 0 aromatic carbocycles. The fourth-order valence-electron chi connectivity index (χ4n) is 2.40. The number of carboxylic acid groups (broad SMARTS) is 2. The van der Waals surface area contributed by atoms with Crippen molar-refractivity contribution in [3.8, 4) is 0 Å². The van der Waals surface area contributed by atoms with Gasteiger partial charge in [0, 0.05) is 12.2 Å². The molecular weight excluding hydrogens is 376 g/mol. The maximum absolute atomic E-state index is 11.6. The molecule has 0 aromatic rings. The summed E-state index contributed by atoms with van der Waals surface area (Å²) >= 11 is 0. The predicted molar refractivity (Wildman–Crippen MR) is 95.0 cm³/mol. The molecule has 0 fully saturated rings. The number of aliphatic hydroxyl groups is 2. The van der Waals surface area contributed by atoms with Crippen molar-refractivity contribution in [2.24, 2.45) is 11.8 Å². The third-order valence-corrected chi connectivity index (χ3v) is 4.13. The summed E-state index contributed by atoms with van der Waals surface area (Å²) < 4.78 is 9.59. The molecule has 0 radical (unpaired) electrons. The van der Waals surface area contributed by atoms with Crippen LogP contribution < -0.4 is 0 Å². The van der Waals surface area contributed by atoms with Gasteiger partial charge in [0.05, 0.1) is 24.0 Å². The minimum atomic E-state index is -1.60. The van der Waals surface area contributed by atoms with Crippen molar-refractivity contribution in [1.29, 1.82) is 0 Å². The molecule has 0 aromatic heterocycles. The van der Waals surface area contributed by atoms with E-state index in [0.717, 1.165) is 12.2 Å². The zero-order chi connectivity index (χ0) is 22.0. The average molecular weight is 402 g/mol. The Kier molecular flexibility index (Phi) is 10.7. The van der Waals surface area contributed by atoms with E-state index in [2.05, 4.69) is 13.2 Å². The zero-order valence-corrected chi connectivity index (χ0v) is 15.7. The van der Waals surface area contributed by atoms with Crippen LogP contribution >= 0.6 is 0 Å². The molecule has 0 spiro atoms. The molecule has 10 nitrogen and oxygen atoms in total. The predicted octanol–water partition coefficient (Wildman–Crippen LogP) is 0.125. The Morgan fingerprint density at radius 1 is 0.786 bits per heavy atom. The van der Waals surface area contributed by atoms with Crippen LogP contribution in [0.25, 0.3) is 0 Å². The number of esters is 2. The minimum Gasteiger partial charge on any atom is -0.481 e. The van der Waals surface area contributed by atoms with Crippen molar-refractivity contribution in [2.45, 2.75) is 51.1 Å². The van der Waals surface area contributed by atoms with E-state index in [-0.39, 0.29) is 0 Å². The van der Waals surface area contributed by atoms with Gasteiger partial charge in [-0.05, 0) is 26.7 Å². The van der Waals surface area contributed by atoms with E-state index in [1.165, 1.54) is 13.8 Å². The zero-order valence-electron chi connectivity index (χ0n) is 15.7. The van der Waals surface area contributed by atoms with E-state index >= 15 is 0 Å². The Labute approximate surface area is 162 Å². The molecule has 0 rings (SSSR count). The van der Waals surface area contributed by atoms with Gasteiger partial charge in [-0.25, -0.2) is 9.59 Å². The second-order valence-electron chi connectivity index (χ2n) is 6.19. The summed E-state index contributed by atoms with van der Waals surface area (Å²) in [5.74, 6) is -7.90. The lowest BCUT2D eigenvalue weighted by atomic mass is 9.82. The lowest BCUT2D eigenvalue weighted by molar-refractivity contribution is -0.161. The average Bonchev–Trinajstić information content (AvgIpc) is 2.62. The van der Waals surface area contributed by atoms with Crippen LogP contribution in [0.5, 0.6) is 0 Å². The molecule has 0 bridgehead atoms. The lowest BCUT2D eigenvalue weighted by Crippen LogP contribution is -2.40. The summed E-state index contributed by atoms with van der Waals surface area (Å²) in [6.07, 6.45) is -4.55. The highest BCUT2D eigenvalue weighted by Gasteiger charge is 2.39. The SMILES string of the molecule is C=CC(=O)OC(C)C(O)CC(C(=O)O)C(CC(O)C(C)OC(=O)C=C)C(=O)O. The maximum Gasteiger partial charge on any atom is 0.330 e. The van der Waals surface area contributed by atoms with Gasteiger partial charge in [0.15, 0.2) is 0 Å². The molecule has 6 unspecified atom stereocenters. The Balaban J connectivity index is 5.27. The number of carboxylic acids is 2. The highest BCUT2D eigenvalue weighted by Crippen LogP contribution is 2.26. The number of carbonyl (C=O) groups excluding carboxylic acids is 2. The van der Waals surface area contributed by atoms with Gasteiger partial charge in [0.2, 0.25) is 0 Å². The first-order valence-electron chi connectivity index (χ1n) is 8.42. The summed E-state index contributed by atoms with van der Waals surface area (Å²) in [5, 5.41) is 39.0. The van der Waals surface area contributed by atoms with Gasteiger partial charge in [0.1, 0.15) is 12.2 Å². The summed E-state index contributed by atoms with van der Waals surface area (Å²) in [6.45, 7) is 9.01. The first kappa shape index (κ1) is 25.3. The van der Waals surface area contributed by atoms with E-state index in [0.29, 0.717) is 0 Å². The number of aliphatic hydroxyl groups excluding tert-OH is 2. The first-order chi connectivity index (χ1) is 12.9. The number of hydrogen-bond acceptors (Lipinski definition) is 8. The molecule has 0 saturated heterocycles. The van der Waals surface area contributed by atoms with Crippen LogP contribution in [0.1, 0.15) is 26.7 Å². The van der Waals surface area contributed by atoms with Crippen molar-refractivity contribution in [3.05, 3.63) is 25.3 Å². The molecule has 4 N–H and O–H groups in total. The van der Waals surface area contributed by atoms with E-state index in [1.54, 1.807) is 0 Å². The van der Waals surface area contributed by atoms with E-state index < -0.39 is 73.0 Å². The Morgan fingerprint density at radius 3 is 1.29 bits per heavy atom. The highest BCUT2D eigenvalue weighted by atomic mass is 16.6. The molecule has 0 saturated carbocycles. The highest BCUT2D eigenvalue weighted by molar-refractivity contribution is 5.82. The molecule has 6 atom stereocenters. The summed E-state index contributed by atoms with van der Waals surface area (Å²) in [5.41, 5.74) is 0. The molecule has 0 aliphatic heterocycles. The van der Waals surface area contributed by atoms with Gasteiger partial charge in [-0.15, -0.1) is 0 Å². The van der Waals surface area contributed by atoms with Crippen molar-refractivity contribution in [2.75, 3.05) is 0 Å². The second-order valence-corrected chi connectivity index (χ2v) is 6.19. The maximum atomic E-state index is 11.6. The van der Waals surface area contributed by atoms with E-state index in [4.69, 9.17) is 9.47 Å². The third kappa shape index (κ3) is 8.31. The Bertz CT molecular complexity index is 547. The van der Waals surface area contributed by atoms with Crippen molar-refractivity contribution < 1.29 is 49.1 Å². The molecule has 0 aliphatic carbocycles. The molecule has 28 heavy (non-hydrogen) atoms. The number of carbonyl (C=O) groups is 4. The third-order valence-electron chi connectivity index (χ3n) is 4.13. The molecular formula is C18H26O10. The van der Waals surface area contributed by atoms with Crippen LogP contribution in [-0.2, 0) is 28.7 Å². The molecule has 10 heteroatoms. The monoisotopic (exact) mass is 402 g/mol. The molecule has 0 aliphatic rings. The second kappa shape index (κ2) is 11.9. The largest absolute Gasteiger partial charge is 0.481 e. The summed E-state index contributed by atoms with van der Waals surface area (Å²) in [4.78, 5) is 45.5. The van der Waals surface area contributed by atoms with Crippen LogP contribution in [0.2, 0.25) is 0 Å². The van der Waals surface area contributed by atoms with Gasteiger partial charge in [-0.2, -0.15) is 0 Å². The van der Waals surface area contributed by atoms with Crippen molar-refractivity contribution in [1.82, 2.24) is 0 Å². The molecule has 0 heterocycles. The summed E-state index contributed by atoms with van der Waals surface area (Å²) in [6, 6.07) is 0. The van der Waals surface area contributed by atoms with Gasteiger partial charge in [-0.1, -0.05) is 13.2 Å². The Morgan fingerprint density at radius 2 is 1.07 bits per heavy atom. The van der Waals surface area contributed by atoms with Gasteiger partial charge in [-0.3, -0.25) is 9.59 Å². The lowest BCUT2D eigenvalue weighted by Gasteiger charge is -2.28. The standard InChI is InChI=1S/C18H26O10/c1-5-15(21)27-9(3)13(19)7-11(17(23)24)12(18(25)26)8-14(20)10(4)28-16(22)6-2/h5-6,9-14,19-20H,1-2,7-8H2,3-4H3,(H,23,24)(H,25,26). The van der Waals surface area contributed by atoms with Crippen LogP contribution in [0.15, 0.2) is 25.3 Å².